The van der Waals surface area contributed by atoms with Gasteiger partial charge in [-0.25, -0.2) is 0 Å². The van der Waals surface area contributed by atoms with Crippen LogP contribution in [0.5, 0.6) is 5.75 Å². The van der Waals surface area contributed by atoms with Crippen molar-refractivity contribution in [3.05, 3.63) is 29.8 Å². The molecule has 0 aliphatic carbocycles. The van der Waals surface area contributed by atoms with E-state index in [1.165, 1.54) is 0 Å². The summed E-state index contributed by atoms with van der Waals surface area (Å²) in [6, 6.07) is 8.84. The fourth-order valence-electron chi connectivity index (χ4n) is 1.99. The van der Waals surface area contributed by atoms with Crippen LogP contribution >= 0.6 is 0 Å². The SMILES string of the molecule is CN(CC(O)COc1cccc(C#N)c1)CC(C)(C)O. The molecular weight excluding hydrogens is 256 g/mol. The molecule has 0 amide bonds. The molecule has 0 saturated carbocycles. The van der Waals surface area contributed by atoms with Gasteiger partial charge >= 0.3 is 0 Å². The highest BCUT2D eigenvalue weighted by Crippen LogP contribution is 2.13. The molecule has 0 heterocycles. The minimum Gasteiger partial charge on any atom is -0.491 e. The van der Waals surface area contributed by atoms with Crippen LogP contribution in [0.3, 0.4) is 0 Å². The van der Waals surface area contributed by atoms with Gasteiger partial charge in [0.15, 0.2) is 0 Å². The monoisotopic (exact) mass is 278 g/mol. The molecule has 0 saturated heterocycles. The first-order chi connectivity index (χ1) is 9.30. The molecule has 1 rings (SSSR count). The zero-order chi connectivity index (χ0) is 15.2. The fraction of sp³-hybridized carbons (Fsp3) is 0.533. The van der Waals surface area contributed by atoms with E-state index in [0.717, 1.165) is 0 Å². The van der Waals surface area contributed by atoms with E-state index in [0.29, 0.717) is 24.4 Å². The van der Waals surface area contributed by atoms with Crippen LogP contribution in [0.1, 0.15) is 19.4 Å². The number of nitriles is 1. The number of aliphatic hydroxyl groups is 2. The van der Waals surface area contributed by atoms with Crippen molar-refractivity contribution in [2.45, 2.75) is 25.6 Å². The Morgan fingerprint density at radius 2 is 2.15 bits per heavy atom. The number of hydrogen-bond donors (Lipinski definition) is 2. The first kappa shape index (κ1) is 16.4. The number of aliphatic hydroxyl groups excluding tert-OH is 1. The minimum atomic E-state index is -0.795. The van der Waals surface area contributed by atoms with E-state index in [4.69, 9.17) is 10.00 Å². The number of likely N-dealkylation sites (N-methyl/N-ethyl adjacent to an activating group) is 1. The van der Waals surface area contributed by atoms with Crippen molar-refractivity contribution in [1.82, 2.24) is 4.90 Å². The van der Waals surface area contributed by atoms with Gasteiger partial charge in [0.2, 0.25) is 0 Å². The standard InChI is InChI=1S/C15H22N2O3/c1-15(2,19)11-17(3)9-13(18)10-20-14-6-4-5-12(7-14)8-16/h4-7,13,18-19H,9-11H2,1-3H3. The van der Waals surface area contributed by atoms with Crippen molar-refractivity contribution in [1.29, 1.82) is 5.26 Å². The second-order valence-electron chi connectivity index (χ2n) is 5.61. The van der Waals surface area contributed by atoms with Crippen molar-refractivity contribution in [2.24, 2.45) is 0 Å². The topological polar surface area (TPSA) is 76.7 Å². The number of ether oxygens (including phenoxy) is 1. The summed E-state index contributed by atoms with van der Waals surface area (Å²) in [5.41, 5.74) is -0.271. The predicted octanol–water partition coefficient (Wildman–Crippen LogP) is 1.00. The highest BCUT2D eigenvalue weighted by molar-refractivity contribution is 5.36. The Kier molecular flexibility index (Phi) is 5.96. The molecule has 2 N–H and O–H groups in total. The molecule has 0 aromatic heterocycles. The van der Waals surface area contributed by atoms with E-state index < -0.39 is 11.7 Å². The molecule has 1 aromatic rings. The van der Waals surface area contributed by atoms with Gasteiger partial charge in [0.25, 0.3) is 0 Å². The van der Waals surface area contributed by atoms with Crippen molar-refractivity contribution >= 4 is 0 Å². The van der Waals surface area contributed by atoms with Crippen molar-refractivity contribution < 1.29 is 14.9 Å². The highest BCUT2D eigenvalue weighted by atomic mass is 16.5. The van der Waals surface area contributed by atoms with Crippen LogP contribution in [-0.2, 0) is 0 Å². The Morgan fingerprint density at radius 3 is 2.75 bits per heavy atom. The van der Waals surface area contributed by atoms with E-state index in [9.17, 15) is 10.2 Å². The summed E-state index contributed by atoms with van der Waals surface area (Å²) in [7, 11) is 1.83. The molecule has 0 bridgehead atoms. The van der Waals surface area contributed by atoms with E-state index >= 15 is 0 Å². The van der Waals surface area contributed by atoms with Gasteiger partial charge in [-0.2, -0.15) is 5.26 Å². The summed E-state index contributed by atoms with van der Waals surface area (Å²) >= 11 is 0. The molecule has 1 aromatic carbocycles. The van der Waals surface area contributed by atoms with Crippen LogP contribution < -0.4 is 4.74 Å². The lowest BCUT2D eigenvalue weighted by atomic mass is 10.1. The number of hydrogen-bond acceptors (Lipinski definition) is 5. The molecule has 0 aliphatic rings. The third kappa shape index (κ3) is 6.53. The van der Waals surface area contributed by atoms with Gasteiger partial charge in [-0.3, -0.25) is 0 Å². The largest absolute Gasteiger partial charge is 0.491 e. The van der Waals surface area contributed by atoms with Crippen LogP contribution in [0.4, 0.5) is 0 Å². The van der Waals surface area contributed by atoms with Crippen LogP contribution in [-0.4, -0.2) is 53.6 Å². The van der Waals surface area contributed by atoms with Crippen LogP contribution in [0, 0.1) is 11.3 Å². The van der Waals surface area contributed by atoms with Crippen LogP contribution in [0.2, 0.25) is 0 Å². The van der Waals surface area contributed by atoms with E-state index in [-0.39, 0.29) is 6.61 Å². The molecule has 0 aliphatic heterocycles. The second-order valence-corrected chi connectivity index (χ2v) is 5.61. The van der Waals surface area contributed by atoms with Gasteiger partial charge in [0.1, 0.15) is 18.5 Å². The second kappa shape index (κ2) is 7.25. The Hall–Kier alpha value is -1.61. The summed E-state index contributed by atoms with van der Waals surface area (Å²) < 4.78 is 5.45. The lowest BCUT2D eigenvalue weighted by Crippen LogP contribution is -2.41. The average molecular weight is 278 g/mol. The van der Waals surface area contributed by atoms with Gasteiger partial charge in [-0.1, -0.05) is 6.07 Å². The molecule has 5 heteroatoms. The smallest absolute Gasteiger partial charge is 0.120 e. The van der Waals surface area contributed by atoms with E-state index in [2.05, 4.69) is 0 Å². The highest BCUT2D eigenvalue weighted by Gasteiger charge is 2.17. The maximum absolute atomic E-state index is 9.89. The molecule has 5 nitrogen and oxygen atoms in total. The van der Waals surface area contributed by atoms with Crippen molar-refractivity contribution in [2.75, 3.05) is 26.7 Å². The van der Waals surface area contributed by atoms with E-state index in [1.54, 1.807) is 38.1 Å². The Balaban J connectivity index is 2.39. The average Bonchev–Trinajstić information content (AvgIpc) is 2.34. The van der Waals surface area contributed by atoms with Gasteiger partial charge in [0, 0.05) is 13.1 Å². The van der Waals surface area contributed by atoms with E-state index in [1.807, 2.05) is 18.0 Å². The quantitative estimate of drug-likeness (QED) is 0.778. The molecular formula is C15H22N2O3. The summed E-state index contributed by atoms with van der Waals surface area (Å²) in [6.07, 6.45) is -0.659. The minimum absolute atomic E-state index is 0.144. The normalized spacial score (nSPS) is 13.1. The summed E-state index contributed by atoms with van der Waals surface area (Å²) in [5.74, 6) is 0.563. The number of nitrogens with zero attached hydrogens (tertiary/aromatic N) is 2. The van der Waals surface area contributed by atoms with Gasteiger partial charge in [-0.05, 0) is 39.1 Å². The van der Waals surface area contributed by atoms with Crippen LogP contribution in [0.25, 0.3) is 0 Å². The first-order valence-electron chi connectivity index (χ1n) is 6.52. The van der Waals surface area contributed by atoms with Gasteiger partial charge < -0.3 is 19.8 Å². The summed E-state index contributed by atoms with van der Waals surface area (Å²) in [6.45, 7) is 4.46. The third-order valence-corrected chi connectivity index (χ3v) is 2.58. The molecule has 0 radical (unpaired) electrons. The van der Waals surface area contributed by atoms with Crippen molar-refractivity contribution in [3.63, 3.8) is 0 Å². The predicted molar refractivity (Wildman–Crippen MR) is 76.5 cm³/mol. The molecule has 1 atom stereocenters. The lowest BCUT2D eigenvalue weighted by Gasteiger charge is -2.27. The molecule has 1 unspecified atom stereocenters. The zero-order valence-corrected chi connectivity index (χ0v) is 12.2. The first-order valence-corrected chi connectivity index (χ1v) is 6.52. The maximum atomic E-state index is 9.89. The van der Waals surface area contributed by atoms with Crippen molar-refractivity contribution in [3.8, 4) is 11.8 Å². The Labute approximate surface area is 120 Å². The fourth-order valence-corrected chi connectivity index (χ4v) is 1.99. The number of rotatable bonds is 7. The zero-order valence-electron chi connectivity index (χ0n) is 12.2. The van der Waals surface area contributed by atoms with Gasteiger partial charge in [0.05, 0.1) is 17.2 Å². The molecule has 0 fully saturated rings. The summed E-state index contributed by atoms with van der Waals surface area (Å²) in [5, 5.41) is 28.4. The van der Waals surface area contributed by atoms with Crippen LogP contribution in [0.15, 0.2) is 24.3 Å². The lowest BCUT2D eigenvalue weighted by molar-refractivity contribution is 0.0194. The molecule has 20 heavy (non-hydrogen) atoms. The molecule has 0 spiro atoms. The molecule has 110 valence electrons. The maximum Gasteiger partial charge on any atom is 0.120 e. The Morgan fingerprint density at radius 1 is 1.45 bits per heavy atom. The van der Waals surface area contributed by atoms with Gasteiger partial charge in [-0.15, -0.1) is 0 Å². The summed E-state index contributed by atoms with van der Waals surface area (Å²) in [4.78, 5) is 1.85. The Bertz CT molecular complexity index is 463. The number of benzene rings is 1. The third-order valence-electron chi connectivity index (χ3n) is 2.58.